The predicted molar refractivity (Wildman–Crippen MR) is 284 cm³/mol. The van der Waals surface area contributed by atoms with Crippen molar-refractivity contribution in [3.05, 3.63) is 0 Å². The summed E-state index contributed by atoms with van der Waals surface area (Å²) in [6.07, 6.45) is 53.9. The Kier molecular flexibility index (Phi) is 50.0. The fourth-order valence-corrected chi connectivity index (χ4v) is 9.18. The van der Waals surface area contributed by atoms with Crippen molar-refractivity contribution in [2.75, 3.05) is 13.2 Å². The lowest BCUT2D eigenvalue weighted by Crippen LogP contribution is -2.30. The maximum Gasteiger partial charge on any atom is 0.306 e. The SMILES string of the molecule is CC(C)CCCCCCCCCCCCCCCCCCCCC(=O)O[C@H](COC(=O)CCCCCCCCCCCCCCCC(C)C)COC(=O)CCCCCCCCCCC(C)C. The van der Waals surface area contributed by atoms with Crippen molar-refractivity contribution in [1.29, 1.82) is 0 Å². The number of carbonyl (C=O) groups is 3. The van der Waals surface area contributed by atoms with E-state index in [9.17, 15) is 14.4 Å². The van der Waals surface area contributed by atoms with Gasteiger partial charge in [0.05, 0.1) is 0 Å². The third kappa shape index (κ3) is 53.4. The van der Waals surface area contributed by atoms with Crippen molar-refractivity contribution in [2.24, 2.45) is 17.8 Å². The van der Waals surface area contributed by atoms with Gasteiger partial charge in [0.1, 0.15) is 13.2 Å². The highest BCUT2D eigenvalue weighted by Crippen LogP contribution is 2.19. The Hall–Kier alpha value is -1.59. The second kappa shape index (κ2) is 51.3. The van der Waals surface area contributed by atoms with Gasteiger partial charge in [-0.2, -0.15) is 0 Å². The van der Waals surface area contributed by atoms with Crippen LogP contribution in [0.25, 0.3) is 0 Å². The van der Waals surface area contributed by atoms with E-state index in [1.54, 1.807) is 0 Å². The number of ether oxygens (including phenoxy) is 3. The lowest BCUT2D eigenvalue weighted by atomic mass is 10.0. The summed E-state index contributed by atoms with van der Waals surface area (Å²) in [6.45, 7) is 13.8. The topological polar surface area (TPSA) is 78.9 Å². The van der Waals surface area contributed by atoms with Crippen LogP contribution in [0.5, 0.6) is 0 Å². The van der Waals surface area contributed by atoms with Crippen LogP contribution in [0.15, 0.2) is 0 Å². The first-order chi connectivity index (χ1) is 32.1. The molecule has 0 bridgehead atoms. The predicted octanol–water partition coefficient (Wildman–Crippen LogP) is 19.5. The highest BCUT2D eigenvalue weighted by molar-refractivity contribution is 5.71. The van der Waals surface area contributed by atoms with Gasteiger partial charge in [0, 0.05) is 19.3 Å². The molecule has 0 heterocycles. The number of esters is 3. The van der Waals surface area contributed by atoms with Crippen LogP contribution < -0.4 is 0 Å². The first-order valence-corrected chi connectivity index (χ1v) is 29.6. The third-order valence-corrected chi connectivity index (χ3v) is 13.6. The molecule has 0 amide bonds. The Labute approximate surface area is 412 Å². The molecule has 0 fully saturated rings. The minimum absolute atomic E-state index is 0.0637. The number of hydrogen-bond acceptors (Lipinski definition) is 6. The van der Waals surface area contributed by atoms with Gasteiger partial charge < -0.3 is 14.2 Å². The smallest absolute Gasteiger partial charge is 0.306 e. The van der Waals surface area contributed by atoms with Crippen LogP contribution in [0, 0.1) is 17.8 Å². The van der Waals surface area contributed by atoms with Gasteiger partial charge in [0.2, 0.25) is 0 Å². The summed E-state index contributed by atoms with van der Waals surface area (Å²) in [7, 11) is 0. The van der Waals surface area contributed by atoms with Crippen molar-refractivity contribution >= 4 is 17.9 Å². The maximum atomic E-state index is 12.9. The molecule has 392 valence electrons. The zero-order valence-electron chi connectivity index (χ0n) is 45.5. The van der Waals surface area contributed by atoms with E-state index in [4.69, 9.17) is 14.2 Å². The van der Waals surface area contributed by atoms with Crippen LogP contribution in [0.4, 0.5) is 0 Å². The highest BCUT2D eigenvalue weighted by atomic mass is 16.6. The molecular formula is C60H116O6. The van der Waals surface area contributed by atoms with Crippen LogP contribution in [-0.2, 0) is 28.6 Å². The molecule has 0 aliphatic rings. The van der Waals surface area contributed by atoms with E-state index in [2.05, 4.69) is 41.5 Å². The van der Waals surface area contributed by atoms with Crippen molar-refractivity contribution < 1.29 is 28.6 Å². The molecule has 66 heavy (non-hydrogen) atoms. The standard InChI is InChI=1S/C60H116O6/c1-54(2)46-40-34-28-22-18-14-11-9-7-8-10-12-16-21-25-33-39-45-51-60(63)66-57(53-65-59(62)50-44-38-32-27-26-30-36-42-48-56(5)6)52-64-58(61)49-43-37-31-24-20-17-13-15-19-23-29-35-41-47-55(3)4/h54-57H,7-53H2,1-6H3/t57-/m1/s1. The molecule has 0 spiro atoms. The summed E-state index contributed by atoms with van der Waals surface area (Å²) in [6, 6.07) is 0. The lowest BCUT2D eigenvalue weighted by Gasteiger charge is -2.18. The molecule has 0 aliphatic carbocycles. The number of hydrogen-bond donors (Lipinski definition) is 0. The van der Waals surface area contributed by atoms with Crippen LogP contribution >= 0.6 is 0 Å². The normalized spacial score (nSPS) is 12.1. The van der Waals surface area contributed by atoms with Gasteiger partial charge in [-0.25, -0.2) is 0 Å². The average molecular weight is 934 g/mol. The minimum Gasteiger partial charge on any atom is -0.462 e. The number of rotatable bonds is 53. The molecular weight excluding hydrogens is 817 g/mol. The van der Waals surface area contributed by atoms with Crippen molar-refractivity contribution in [1.82, 2.24) is 0 Å². The molecule has 0 saturated carbocycles. The lowest BCUT2D eigenvalue weighted by molar-refractivity contribution is -0.167. The van der Waals surface area contributed by atoms with Gasteiger partial charge in [-0.3, -0.25) is 14.4 Å². The molecule has 0 rings (SSSR count). The molecule has 0 aromatic heterocycles. The molecule has 0 radical (unpaired) electrons. The van der Waals surface area contributed by atoms with Crippen LogP contribution in [0.3, 0.4) is 0 Å². The highest BCUT2D eigenvalue weighted by Gasteiger charge is 2.19. The van der Waals surface area contributed by atoms with Gasteiger partial charge in [0.25, 0.3) is 0 Å². The third-order valence-electron chi connectivity index (χ3n) is 13.6. The second-order valence-corrected chi connectivity index (χ2v) is 22.1. The molecule has 6 nitrogen and oxygen atoms in total. The fourth-order valence-electron chi connectivity index (χ4n) is 9.18. The van der Waals surface area contributed by atoms with E-state index in [-0.39, 0.29) is 31.1 Å². The first kappa shape index (κ1) is 64.4. The molecule has 0 aromatic rings. The van der Waals surface area contributed by atoms with E-state index in [1.165, 1.54) is 212 Å². The van der Waals surface area contributed by atoms with Crippen molar-refractivity contribution in [3.63, 3.8) is 0 Å². The quantitative estimate of drug-likeness (QED) is 0.0343. The first-order valence-electron chi connectivity index (χ1n) is 29.6. The average Bonchev–Trinajstić information content (AvgIpc) is 3.28. The second-order valence-electron chi connectivity index (χ2n) is 22.1. The summed E-state index contributed by atoms with van der Waals surface area (Å²) in [5, 5.41) is 0. The van der Waals surface area contributed by atoms with Gasteiger partial charge in [-0.15, -0.1) is 0 Å². The summed E-state index contributed by atoms with van der Waals surface area (Å²) in [5.41, 5.74) is 0. The number of carbonyl (C=O) groups excluding carboxylic acids is 3. The zero-order valence-corrected chi connectivity index (χ0v) is 45.5. The molecule has 0 saturated heterocycles. The summed E-state index contributed by atoms with van der Waals surface area (Å²) >= 11 is 0. The van der Waals surface area contributed by atoms with Crippen molar-refractivity contribution in [2.45, 2.75) is 337 Å². The Morgan fingerprint density at radius 3 is 0.652 bits per heavy atom. The van der Waals surface area contributed by atoms with E-state index in [1.807, 2.05) is 0 Å². The minimum atomic E-state index is -0.764. The maximum absolute atomic E-state index is 12.9. The Balaban J connectivity index is 4.24. The van der Waals surface area contributed by atoms with Gasteiger partial charge >= 0.3 is 17.9 Å². The zero-order chi connectivity index (χ0) is 48.4. The molecule has 0 N–H and O–H groups in total. The molecule has 1 atom stereocenters. The number of unbranched alkanes of at least 4 members (excludes halogenated alkanes) is 36. The fraction of sp³-hybridized carbons (Fsp3) is 0.950. The van der Waals surface area contributed by atoms with Crippen molar-refractivity contribution in [3.8, 4) is 0 Å². The van der Waals surface area contributed by atoms with E-state index in [0.717, 1.165) is 75.5 Å². The summed E-state index contributed by atoms with van der Waals surface area (Å²) < 4.78 is 16.9. The largest absolute Gasteiger partial charge is 0.462 e. The van der Waals surface area contributed by atoms with Crippen LogP contribution in [-0.4, -0.2) is 37.2 Å². The van der Waals surface area contributed by atoms with Gasteiger partial charge in [-0.05, 0) is 37.0 Å². The molecule has 6 heteroatoms. The van der Waals surface area contributed by atoms with E-state index in [0.29, 0.717) is 19.3 Å². The molecule has 0 aliphatic heterocycles. The van der Waals surface area contributed by atoms with E-state index >= 15 is 0 Å². The summed E-state index contributed by atoms with van der Waals surface area (Å²) in [4.78, 5) is 38.1. The molecule has 0 unspecified atom stereocenters. The summed E-state index contributed by atoms with van der Waals surface area (Å²) in [5.74, 6) is 1.65. The Morgan fingerprint density at radius 2 is 0.439 bits per heavy atom. The Bertz CT molecular complexity index is 1020. The monoisotopic (exact) mass is 933 g/mol. The Morgan fingerprint density at radius 1 is 0.258 bits per heavy atom. The molecule has 0 aromatic carbocycles. The van der Waals surface area contributed by atoms with Crippen LogP contribution in [0.1, 0.15) is 330 Å². The van der Waals surface area contributed by atoms with Gasteiger partial charge in [-0.1, -0.05) is 292 Å². The van der Waals surface area contributed by atoms with Crippen LogP contribution in [0.2, 0.25) is 0 Å². The van der Waals surface area contributed by atoms with E-state index < -0.39 is 6.10 Å². The van der Waals surface area contributed by atoms with Gasteiger partial charge in [0.15, 0.2) is 6.10 Å².